The van der Waals surface area contributed by atoms with Gasteiger partial charge in [0.05, 0.1) is 6.54 Å². The lowest BCUT2D eigenvalue weighted by Gasteiger charge is -2.22. The van der Waals surface area contributed by atoms with E-state index in [4.69, 9.17) is 4.99 Å². The molecule has 0 saturated carbocycles. The molecule has 3 rings (SSSR count). The van der Waals surface area contributed by atoms with Crippen molar-refractivity contribution in [3.63, 3.8) is 0 Å². The number of hydrogen-bond donors (Lipinski definition) is 1. The Morgan fingerprint density at radius 2 is 1.93 bits per heavy atom. The Hall–Kier alpha value is -2.63. The number of pyridine rings is 1. The standard InChI is InChI=1S/C21H28FN5/c1-3-23-21(26(2)16-17-6-8-19(22)9-7-17)25-15-18-10-11-24-20(14-18)27-12-4-5-13-27/h6-11,14H,3-5,12-13,15-16H2,1-2H3,(H,23,25). The van der Waals surface area contributed by atoms with E-state index in [2.05, 4.69) is 33.1 Å². The number of nitrogens with zero attached hydrogens (tertiary/aromatic N) is 4. The molecule has 0 bridgehead atoms. The molecule has 2 aromatic rings. The first-order valence-electron chi connectivity index (χ1n) is 9.59. The lowest BCUT2D eigenvalue weighted by atomic mass is 10.2. The Labute approximate surface area is 160 Å². The van der Waals surface area contributed by atoms with Gasteiger partial charge in [0.15, 0.2) is 5.96 Å². The van der Waals surface area contributed by atoms with E-state index < -0.39 is 0 Å². The van der Waals surface area contributed by atoms with Gasteiger partial charge in [-0.2, -0.15) is 0 Å². The minimum Gasteiger partial charge on any atom is -0.357 e. The highest BCUT2D eigenvalue weighted by Gasteiger charge is 2.13. The van der Waals surface area contributed by atoms with Gasteiger partial charge >= 0.3 is 0 Å². The van der Waals surface area contributed by atoms with Crippen molar-refractivity contribution in [3.8, 4) is 0 Å². The number of rotatable bonds is 6. The van der Waals surface area contributed by atoms with E-state index in [0.717, 1.165) is 42.5 Å². The fraction of sp³-hybridized carbons (Fsp3) is 0.429. The highest BCUT2D eigenvalue weighted by molar-refractivity contribution is 5.79. The van der Waals surface area contributed by atoms with Crippen molar-refractivity contribution in [2.45, 2.75) is 32.9 Å². The zero-order valence-corrected chi connectivity index (χ0v) is 16.2. The Kier molecular flexibility index (Phi) is 6.63. The van der Waals surface area contributed by atoms with E-state index in [0.29, 0.717) is 13.1 Å². The molecule has 6 heteroatoms. The van der Waals surface area contributed by atoms with Gasteiger partial charge in [0.2, 0.25) is 0 Å². The summed E-state index contributed by atoms with van der Waals surface area (Å²) in [5.41, 5.74) is 2.20. The molecule has 0 atom stereocenters. The molecule has 5 nitrogen and oxygen atoms in total. The number of guanidine groups is 1. The molecule has 1 saturated heterocycles. The summed E-state index contributed by atoms with van der Waals surface area (Å²) in [7, 11) is 1.99. The third kappa shape index (κ3) is 5.42. The first kappa shape index (κ1) is 19.1. The summed E-state index contributed by atoms with van der Waals surface area (Å²) in [4.78, 5) is 13.7. The smallest absolute Gasteiger partial charge is 0.194 e. The fourth-order valence-electron chi connectivity index (χ4n) is 3.25. The van der Waals surface area contributed by atoms with Crippen LogP contribution in [-0.2, 0) is 13.1 Å². The molecule has 144 valence electrons. The number of aliphatic imine (C=N–C) groups is 1. The van der Waals surface area contributed by atoms with Crippen LogP contribution >= 0.6 is 0 Å². The van der Waals surface area contributed by atoms with E-state index in [1.54, 1.807) is 12.1 Å². The summed E-state index contributed by atoms with van der Waals surface area (Å²) in [6.45, 7) is 6.29. The molecule has 0 amide bonds. The Bertz CT molecular complexity index is 753. The van der Waals surface area contributed by atoms with Crippen LogP contribution in [0, 0.1) is 5.82 Å². The number of benzene rings is 1. The van der Waals surface area contributed by atoms with Crippen molar-refractivity contribution in [2.75, 3.05) is 31.6 Å². The van der Waals surface area contributed by atoms with Crippen LogP contribution < -0.4 is 10.2 Å². The molecule has 0 unspecified atom stereocenters. The lowest BCUT2D eigenvalue weighted by molar-refractivity contribution is 0.476. The van der Waals surface area contributed by atoms with Crippen molar-refractivity contribution in [3.05, 3.63) is 59.5 Å². The average molecular weight is 369 g/mol. The molecule has 0 radical (unpaired) electrons. The van der Waals surface area contributed by atoms with Gasteiger partial charge in [-0.1, -0.05) is 12.1 Å². The third-order valence-corrected chi connectivity index (χ3v) is 4.68. The minimum absolute atomic E-state index is 0.214. The molecule has 0 aliphatic carbocycles. The van der Waals surface area contributed by atoms with Gasteiger partial charge in [0.1, 0.15) is 11.6 Å². The Morgan fingerprint density at radius 1 is 1.19 bits per heavy atom. The van der Waals surface area contributed by atoms with Crippen molar-refractivity contribution in [2.24, 2.45) is 4.99 Å². The maximum absolute atomic E-state index is 13.1. The maximum atomic E-state index is 13.1. The van der Waals surface area contributed by atoms with E-state index >= 15 is 0 Å². The lowest BCUT2D eigenvalue weighted by Crippen LogP contribution is -2.38. The van der Waals surface area contributed by atoms with Gasteiger partial charge < -0.3 is 15.1 Å². The summed E-state index contributed by atoms with van der Waals surface area (Å²) < 4.78 is 13.1. The van der Waals surface area contributed by atoms with Crippen LogP contribution in [0.2, 0.25) is 0 Å². The highest BCUT2D eigenvalue weighted by Crippen LogP contribution is 2.19. The second kappa shape index (κ2) is 9.35. The number of hydrogen-bond acceptors (Lipinski definition) is 3. The van der Waals surface area contributed by atoms with Crippen LogP contribution in [-0.4, -0.2) is 42.5 Å². The summed E-state index contributed by atoms with van der Waals surface area (Å²) in [5, 5.41) is 3.33. The van der Waals surface area contributed by atoms with Crippen LogP contribution in [0.3, 0.4) is 0 Å². The summed E-state index contributed by atoms with van der Waals surface area (Å²) in [6.07, 6.45) is 4.35. The quantitative estimate of drug-likeness (QED) is 0.626. The summed E-state index contributed by atoms with van der Waals surface area (Å²) in [6, 6.07) is 10.8. The summed E-state index contributed by atoms with van der Waals surface area (Å²) >= 11 is 0. The van der Waals surface area contributed by atoms with Gasteiger partial charge in [-0.05, 0) is 55.2 Å². The SMILES string of the molecule is CCNC(=NCc1ccnc(N2CCCC2)c1)N(C)Cc1ccc(F)cc1. The maximum Gasteiger partial charge on any atom is 0.194 e. The van der Waals surface area contributed by atoms with Crippen LogP contribution in [0.25, 0.3) is 0 Å². The fourth-order valence-corrected chi connectivity index (χ4v) is 3.25. The zero-order valence-electron chi connectivity index (χ0n) is 16.2. The normalized spacial score (nSPS) is 14.5. The first-order chi connectivity index (χ1) is 13.2. The van der Waals surface area contributed by atoms with E-state index in [9.17, 15) is 4.39 Å². The monoisotopic (exact) mass is 369 g/mol. The molecular formula is C21H28FN5. The third-order valence-electron chi connectivity index (χ3n) is 4.68. The van der Waals surface area contributed by atoms with Crippen molar-refractivity contribution >= 4 is 11.8 Å². The van der Waals surface area contributed by atoms with Gasteiger partial charge in [0.25, 0.3) is 0 Å². The van der Waals surface area contributed by atoms with E-state index in [-0.39, 0.29) is 5.82 Å². The van der Waals surface area contributed by atoms with Crippen molar-refractivity contribution in [1.82, 2.24) is 15.2 Å². The molecule has 2 heterocycles. The van der Waals surface area contributed by atoms with Crippen molar-refractivity contribution in [1.29, 1.82) is 0 Å². The molecule has 1 aliphatic rings. The molecule has 1 aromatic carbocycles. The average Bonchev–Trinajstić information content (AvgIpc) is 3.22. The van der Waals surface area contributed by atoms with Crippen LogP contribution in [0.15, 0.2) is 47.6 Å². The number of nitrogens with one attached hydrogen (secondary N) is 1. The summed E-state index contributed by atoms with van der Waals surface area (Å²) in [5.74, 6) is 1.67. The predicted molar refractivity (Wildman–Crippen MR) is 108 cm³/mol. The molecular weight excluding hydrogens is 341 g/mol. The van der Waals surface area contributed by atoms with Gasteiger partial charge in [0, 0.05) is 39.4 Å². The topological polar surface area (TPSA) is 43.8 Å². The number of halogens is 1. The second-order valence-electron chi connectivity index (χ2n) is 6.87. The molecule has 1 fully saturated rings. The van der Waals surface area contributed by atoms with Crippen molar-refractivity contribution < 1.29 is 4.39 Å². The Balaban J connectivity index is 1.67. The molecule has 27 heavy (non-hydrogen) atoms. The predicted octanol–water partition coefficient (Wildman–Crippen LogP) is 3.42. The number of aromatic nitrogens is 1. The van der Waals surface area contributed by atoms with Gasteiger partial charge in [-0.25, -0.2) is 14.4 Å². The molecule has 1 aromatic heterocycles. The van der Waals surface area contributed by atoms with E-state index in [1.807, 2.05) is 19.3 Å². The second-order valence-corrected chi connectivity index (χ2v) is 6.87. The van der Waals surface area contributed by atoms with Crippen LogP contribution in [0.1, 0.15) is 30.9 Å². The van der Waals surface area contributed by atoms with Gasteiger partial charge in [-0.3, -0.25) is 0 Å². The zero-order chi connectivity index (χ0) is 19.1. The highest BCUT2D eigenvalue weighted by atomic mass is 19.1. The van der Waals surface area contributed by atoms with Crippen LogP contribution in [0.4, 0.5) is 10.2 Å². The number of anilines is 1. The minimum atomic E-state index is -0.214. The molecule has 1 N–H and O–H groups in total. The molecule has 0 spiro atoms. The Morgan fingerprint density at radius 3 is 2.63 bits per heavy atom. The van der Waals surface area contributed by atoms with Crippen LogP contribution in [0.5, 0.6) is 0 Å². The van der Waals surface area contributed by atoms with E-state index in [1.165, 1.54) is 25.0 Å². The van der Waals surface area contributed by atoms with Gasteiger partial charge in [-0.15, -0.1) is 0 Å². The first-order valence-corrected chi connectivity index (χ1v) is 9.59. The molecule has 1 aliphatic heterocycles. The largest absolute Gasteiger partial charge is 0.357 e.